The third-order valence-electron chi connectivity index (χ3n) is 6.77. The molecule has 0 bridgehead atoms. The van der Waals surface area contributed by atoms with Gasteiger partial charge in [0.25, 0.3) is 5.91 Å². The van der Waals surface area contributed by atoms with Crippen molar-refractivity contribution in [3.05, 3.63) is 71.3 Å². The summed E-state index contributed by atoms with van der Waals surface area (Å²) in [4.78, 5) is 24.5. The molecule has 0 aliphatic carbocycles. The molecule has 3 rings (SSSR count). The van der Waals surface area contributed by atoms with E-state index in [-0.39, 0.29) is 18.0 Å². The summed E-state index contributed by atoms with van der Waals surface area (Å²) >= 11 is 0. The molecule has 1 aliphatic rings. The third kappa shape index (κ3) is 6.86. The second-order valence-corrected chi connectivity index (χ2v) is 9.31. The van der Waals surface area contributed by atoms with Crippen molar-refractivity contribution >= 4 is 11.9 Å². The van der Waals surface area contributed by atoms with Crippen LogP contribution in [0.25, 0.3) is 0 Å². The fourth-order valence-corrected chi connectivity index (χ4v) is 4.59. The summed E-state index contributed by atoms with van der Waals surface area (Å²) in [7, 11) is 0. The molecule has 7 heteroatoms. The highest BCUT2D eigenvalue weighted by atomic mass is 19.3. The van der Waals surface area contributed by atoms with Crippen LogP contribution in [0.5, 0.6) is 0 Å². The van der Waals surface area contributed by atoms with Crippen molar-refractivity contribution in [1.29, 1.82) is 0 Å². The summed E-state index contributed by atoms with van der Waals surface area (Å²) in [5.74, 6) is -5.54. The van der Waals surface area contributed by atoms with E-state index in [1.54, 1.807) is 12.1 Å². The molecule has 1 unspecified atom stereocenters. The number of carbonyl (C=O) groups excluding carboxylic acids is 1. The molecule has 1 fully saturated rings. The fourth-order valence-electron chi connectivity index (χ4n) is 4.59. The van der Waals surface area contributed by atoms with E-state index in [1.165, 1.54) is 22.6 Å². The zero-order valence-electron chi connectivity index (χ0n) is 19.5. The van der Waals surface area contributed by atoms with Crippen molar-refractivity contribution < 1.29 is 28.6 Å². The molecular weight excluding hydrogens is 440 g/mol. The maximum absolute atomic E-state index is 14.2. The molecule has 1 amide bonds. The third-order valence-corrected chi connectivity index (χ3v) is 6.77. The van der Waals surface area contributed by atoms with Gasteiger partial charge in [-0.1, -0.05) is 49.4 Å². The van der Waals surface area contributed by atoms with Gasteiger partial charge >= 0.3 is 11.9 Å². The van der Waals surface area contributed by atoms with Crippen molar-refractivity contribution in [2.45, 2.75) is 69.9 Å². The van der Waals surface area contributed by atoms with Crippen LogP contribution in [-0.2, 0) is 17.6 Å². The van der Waals surface area contributed by atoms with E-state index < -0.39 is 36.4 Å². The number of carboxylic acids is 1. The minimum Gasteiger partial charge on any atom is -0.478 e. The Hall–Kier alpha value is -2.80. The lowest BCUT2D eigenvalue weighted by molar-refractivity contribution is -0.148. The number of nitrogens with zero attached hydrogens (tertiary/aromatic N) is 1. The van der Waals surface area contributed by atoms with Gasteiger partial charge in [0.1, 0.15) is 0 Å². The van der Waals surface area contributed by atoms with Crippen LogP contribution >= 0.6 is 0 Å². The number of hydrogen-bond donors (Lipinski definition) is 2. The molecule has 5 nitrogen and oxygen atoms in total. The van der Waals surface area contributed by atoms with Gasteiger partial charge in [0.15, 0.2) is 0 Å². The smallest absolute Gasteiger partial charge is 0.335 e. The van der Waals surface area contributed by atoms with Crippen LogP contribution in [0, 0.1) is 5.92 Å². The first-order chi connectivity index (χ1) is 16.2. The van der Waals surface area contributed by atoms with Gasteiger partial charge in [-0.05, 0) is 67.7 Å². The van der Waals surface area contributed by atoms with Crippen molar-refractivity contribution in [1.82, 2.24) is 4.90 Å². The summed E-state index contributed by atoms with van der Waals surface area (Å²) in [5, 5.41) is 19.6. The highest BCUT2D eigenvalue weighted by Crippen LogP contribution is 2.36. The molecule has 2 N–H and O–H groups in total. The number of likely N-dealkylation sites (tertiary alicyclic amines) is 1. The van der Waals surface area contributed by atoms with E-state index >= 15 is 0 Å². The van der Waals surface area contributed by atoms with Crippen LogP contribution < -0.4 is 0 Å². The lowest BCUT2D eigenvalue weighted by Crippen LogP contribution is -2.38. The van der Waals surface area contributed by atoms with Gasteiger partial charge < -0.3 is 15.1 Å². The lowest BCUT2D eigenvalue weighted by Gasteiger charge is -2.26. The number of benzene rings is 2. The van der Waals surface area contributed by atoms with Crippen LogP contribution in [0.4, 0.5) is 8.78 Å². The number of amides is 1. The SMILES string of the molecule is C[C@@H](CCCc1ccccc1)[C@H](O)CCC1CC(F)(F)C(=O)N1CCc1ccc(C(=O)O)cc1. The summed E-state index contributed by atoms with van der Waals surface area (Å²) in [6.07, 6.45) is 2.62. The first-order valence-electron chi connectivity index (χ1n) is 11.9. The molecule has 184 valence electrons. The number of aliphatic hydroxyl groups is 1. The Kier molecular flexibility index (Phi) is 8.78. The Bertz CT molecular complexity index is 949. The molecule has 0 aromatic heterocycles. The number of halogens is 2. The predicted molar refractivity (Wildman–Crippen MR) is 126 cm³/mol. The molecule has 0 spiro atoms. The molecule has 1 aliphatic heterocycles. The van der Waals surface area contributed by atoms with Gasteiger partial charge in [-0.2, -0.15) is 8.78 Å². The highest BCUT2D eigenvalue weighted by molar-refractivity contribution is 5.87. The number of hydrogen-bond acceptors (Lipinski definition) is 3. The van der Waals surface area contributed by atoms with Gasteiger partial charge in [0, 0.05) is 19.0 Å². The Morgan fingerprint density at radius 3 is 2.35 bits per heavy atom. The van der Waals surface area contributed by atoms with Crippen molar-refractivity contribution in [2.75, 3.05) is 6.54 Å². The first-order valence-corrected chi connectivity index (χ1v) is 11.9. The molecule has 1 saturated heterocycles. The standard InChI is InChI=1S/C27H33F2NO4/c1-19(6-5-9-20-7-3-2-4-8-20)24(31)15-14-23-18-27(28,29)26(34)30(23)17-16-21-10-12-22(13-11-21)25(32)33/h2-4,7-8,10-13,19,23-24,31H,5-6,9,14-18H2,1H3,(H,32,33)/t19-,23?,24+/m0/s1. The molecular formula is C27H33F2NO4. The maximum Gasteiger partial charge on any atom is 0.335 e. The van der Waals surface area contributed by atoms with Crippen LogP contribution in [0.1, 0.15) is 60.5 Å². The summed E-state index contributed by atoms with van der Waals surface area (Å²) in [6, 6.07) is 15.7. The van der Waals surface area contributed by atoms with E-state index in [1.807, 2.05) is 25.1 Å². The molecule has 1 heterocycles. The number of aromatic carboxylic acids is 1. The van der Waals surface area contributed by atoms with E-state index in [9.17, 15) is 23.5 Å². The molecule has 34 heavy (non-hydrogen) atoms. The van der Waals surface area contributed by atoms with Gasteiger partial charge in [-0.3, -0.25) is 4.79 Å². The monoisotopic (exact) mass is 473 g/mol. The first kappa shape index (κ1) is 25.8. The van der Waals surface area contributed by atoms with Gasteiger partial charge in [-0.25, -0.2) is 4.79 Å². The lowest BCUT2D eigenvalue weighted by atomic mass is 9.92. The zero-order valence-corrected chi connectivity index (χ0v) is 19.5. The molecule has 2 aromatic rings. The van der Waals surface area contributed by atoms with E-state index in [0.29, 0.717) is 19.3 Å². The number of rotatable bonds is 12. The van der Waals surface area contributed by atoms with Crippen LogP contribution in [-0.4, -0.2) is 51.6 Å². The summed E-state index contributed by atoms with van der Waals surface area (Å²) in [6.45, 7) is 2.11. The number of carboxylic acid groups (broad SMARTS) is 1. The number of carbonyl (C=O) groups is 2. The number of alkyl halides is 2. The summed E-state index contributed by atoms with van der Waals surface area (Å²) in [5.41, 5.74) is 2.18. The normalized spacial score (nSPS) is 19.2. The Labute approximate surface area is 199 Å². The van der Waals surface area contributed by atoms with Gasteiger partial charge in [0.2, 0.25) is 0 Å². The highest BCUT2D eigenvalue weighted by Gasteiger charge is 2.52. The average Bonchev–Trinajstić information content (AvgIpc) is 3.04. The van der Waals surface area contributed by atoms with E-state index in [0.717, 1.165) is 24.8 Å². The fraction of sp³-hybridized carbons (Fsp3) is 0.481. The minimum absolute atomic E-state index is 0.0440. The van der Waals surface area contributed by atoms with Crippen molar-refractivity contribution in [3.63, 3.8) is 0 Å². The number of aryl methyl sites for hydroxylation is 1. The Balaban J connectivity index is 1.49. The van der Waals surface area contributed by atoms with Crippen molar-refractivity contribution in [2.24, 2.45) is 5.92 Å². The largest absolute Gasteiger partial charge is 0.478 e. The second kappa shape index (κ2) is 11.6. The molecule has 2 aromatic carbocycles. The molecule has 0 radical (unpaired) electrons. The van der Waals surface area contributed by atoms with Gasteiger partial charge in [0.05, 0.1) is 11.7 Å². The second-order valence-electron chi connectivity index (χ2n) is 9.31. The molecule has 0 saturated carbocycles. The van der Waals surface area contributed by atoms with Crippen LogP contribution in [0.3, 0.4) is 0 Å². The molecule has 3 atom stereocenters. The quantitative estimate of drug-likeness (QED) is 0.457. The Morgan fingerprint density at radius 2 is 1.71 bits per heavy atom. The predicted octanol–water partition coefficient (Wildman–Crippen LogP) is 4.96. The topological polar surface area (TPSA) is 77.8 Å². The summed E-state index contributed by atoms with van der Waals surface area (Å²) < 4.78 is 28.4. The van der Waals surface area contributed by atoms with E-state index in [2.05, 4.69) is 12.1 Å². The van der Waals surface area contributed by atoms with Crippen LogP contribution in [0.15, 0.2) is 54.6 Å². The average molecular weight is 474 g/mol. The zero-order chi connectivity index (χ0) is 24.7. The van der Waals surface area contributed by atoms with Gasteiger partial charge in [-0.15, -0.1) is 0 Å². The maximum atomic E-state index is 14.2. The van der Waals surface area contributed by atoms with Crippen LogP contribution in [0.2, 0.25) is 0 Å². The van der Waals surface area contributed by atoms with Crippen molar-refractivity contribution in [3.8, 4) is 0 Å². The Morgan fingerprint density at radius 1 is 1.06 bits per heavy atom. The van der Waals surface area contributed by atoms with E-state index in [4.69, 9.17) is 5.11 Å². The minimum atomic E-state index is -3.38. The number of aliphatic hydroxyl groups excluding tert-OH is 1.